The van der Waals surface area contributed by atoms with Gasteiger partial charge in [0.1, 0.15) is 0 Å². The zero-order chi connectivity index (χ0) is 13.6. The van der Waals surface area contributed by atoms with E-state index in [2.05, 4.69) is 30.4 Å². The maximum absolute atomic E-state index is 10.9. The number of hydrogen-bond acceptors (Lipinski definition) is 2. The Hall–Kier alpha value is -1.35. The molecule has 1 aromatic rings. The third-order valence-electron chi connectivity index (χ3n) is 3.34. The molecule has 0 heterocycles. The SMILES string of the molecule is Cc1ccccc1CCNCCC(C)(C)C(=O)O. The van der Waals surface area contributed by atoms with Crippen LogP contribution in [0.4, 0.5) is 0 Å². The number of carboxylic acid groups (broad SMARTS) is 1. The maximum Gasteiger partial charge on any atom is 0.309 e. The Morgan fingerprint density at radius 3 is 2.56 bits per heavy atom. The van der Waals surface area contributed by atoms with Crippen LogP contribution in [0.1, 0.15) is 31.4 Å². The molecule has 1 rings (SSSR count). The topological polar surface area (TPSA) is 49.3 Å². The van der Waals surface area contributed by atoms with Gasteiger partial charge in [-0.25, -0.2) is 0 Å². The van der Waals surface area contributed by atoms with Crippen molar-refractivity contribution in [2.45, 2.75) is 33.6 Å². The lowest BCUT2D eigenvalue weighted by Gasteiger charge is -2.19. The summed E-state index contributed by atoms with van der Waals surface area (Å²) in [5.74, 6) is -0.733. The van der Waals surface area contributed by atoms with Crippen LogP contribution in [-0.2, 0) is 11.2 Å². The lowest BCUT2D eigenvalue weighted by molar-refractivity contribution is -0.147. The van der Waals surface area contributed by atoms with Gasteiger partial charge in [-0.05, 0) is 57.8 Å². The van der Waals surface area contributed by atoms with Crippen LogP contribution < -0.4 is 5.32 Å². The van der Waals surface area contributed by atoms with Gasteiger partial charge in [0.15, 0.2) is 0 Å². The summed E-state index contributed by atoms with van der Waals surface area (Å²) in [4.78, 5) is 10.9. The average molecular weight is 249 g/mol. The van der Waals surface area contributed by atoms with Gasteiger partial charge in [0.25, 0.3) is 0 Å². The fourth-order valence-corrected chi connectivity index (χ4v) is 1.75. The largest absolute Gasteiger partial charge is 0.481 e. The number of aliphatic carboxylic acids is 1. The fraction of sp³-hybridized carbons (Fsp3) is 0.533. The molecule has 3 nitrogen and oxygen atoms in total. The third-order valence-corrected chi connectivity index (χ3v) is 3.34. The van der Waals surface area contributed by atoms with E-state index in [4.69, 9.17) is 5.11 Å². The summed E-state index contributed by atoms with van der Waals surface area (Å²) in [5.41, 5.74) is 2.02. The van der Waals surface area contributed by atoms with Crippen molar-refractivity contribution in [3.8, 4) is 0 Å². The molecule has 0 spiro atoms. The predicted molar refractivity (Wildman–Crippen MR) is 73.8 cm³/mol. The quantitative estimate of drug-likeness (QED) is 0.730. The highest BCUT2D eigenvalue weighted by Gasteiger charge is 2.25. The summed E-state index contributed by atoms with van der Waals surface area (Å²) in [6, 6.07) is 8.35. The van der Waals surface area contributed by atoms with Crippen LogP contribution in [0.25, 0.3) is 0 Å². The first-order chi connectivity index (χ1) is 8.43. The minimum atomic E-state index is -0.733. The lowest BCUT2D eigenvalue weighted by Crippen LogP contribution is -2.29. The van der Waals surface area contributed by atoms with Crippen LogP contribution in [0.15, 0.2) is 24.3 Å². The monoisotopic (exact) mass is 249 g/mol. The van der Waals surface area contributed by atoms with Crippen molar-refractivity contribution >= 4 is 5.97 Å². The normalized spacial score (nSPS) is 11.5. The average Bonchev–Trinajstić information content (AvgIpc) is 2.30. The van der Waals surface area contributed by atoms with E-state index in [9.17, 15) is 4.79 Å². The molecule has 0 aliphatic heterocycles. The minimum Gasteiger partial charge on any atom is -0.481 e. The third kappa shape index (κ3) is 4.49. The molecule has 0 bridgehead atoms. The highest BCUT2D eigenvalue weighted by molar-refractivity contribution is 5.73. The van der Waals surface area contributed by atoms with Crippen LogP contribution in [-0.4, -0.2) is 24.2 Å². The van der Waals surface area contributed by atoms with E-state index in [1.165, 1.54) is 11.1 Å². The van der Waals surface area contributed by atoms with Gasteiger partial charge in [-0.15, -0.1) is 0 Å². The van der Waals surface area contributed by atoms with E-state index in [-0.39, 0.29) is 0 Å². The molecule has 1 aromatic carbocycles. The van der Waals surface area contributed by atoms with Gasteiger partial charge in [-0.1, -0.05) is 24.3 Å². The summed E-state index contributed by atoms with van der Waals surface area (Å²) < 4.78 is 0. The number of rotatable bonds is 7. The molecule has 2 N–H and O–H groups in total. The van der Waals surface area contributed by atoms with Crippen molar-refractivity contribution in [1.82, 2.24) is 5.32 Å². The Bertz CT molecular complexity index is 399. The Labute approximate surface area is 109 Å². The Kier molecular flexibility index (Phi) is 5.35. The lowest BCUT2D eigenvalue weighted by atomic mass is 9.90. The van der Waals surface area contributed by atoms with E-state index >= 15 is 0 Å². The first-order valence-corrected chi connectivity index (χ1v) is 6.42. The van der Waals surface area contributed by atoms with E-state index < -0.39 is 11.4 Å². The standard InChI is InChI=1S/C15H23NO2/c1-12-6-4-5-7-13(12)8-10-16-11-9-15(2,3)14(17)18/h4-7,16H,8-11H2,1-3H3,(H,17,18). The number of hydrogen-bond donors (Lipinski definition) is 2. The number of benzene rings is 1. The molecule has 0 aliphatic carbocycles. The van der Waals surface area contributed by atoms with Crippen LogP contribution in [0.5, 0.6) is 0 Å². The molecule has 0 radical (unpaired) electrons. The molecule has 0 aliphatic rings. The second-order valence-corrected chi connectivity index (χ2v) is 5.37. The molecule has 0 saturated heterocycles. The molecule has 0 amide bonds. The highest BCUT2D eigenvalue weighted by Crippen LogP contribution is 2.19. The van der Waals surface area contributed by atoms with Gasteiger partial charge in [-0.3, -0.25) is 4.79 Å². The second kappa shape index (κ2) is 6.55. The molecule has 3 heteroatoms. The van der Waals surface area contributed by atoms with Crippen molar-refractivity contribution in [2.24, 2.45) is 5.41 Å². The zero-order valence-electron chi connectivity index (χ0n) is 11.5. The Balaban J connectivity index is 2.24. The van der Waals surface area contributed by atoms with E-state index in [1.54, 1.807) is 13.8 Å². The summed E-state index contributed by atoms with van der Waals surface area (Å²) in [6.07, 6.45) is 1.64. The van der Waals surface area contributed by atoms with Crippen molar-refractivity contribution in [3.63, 3.8) is 0 Å². The van der Waals surface area contributed by atoms with Gasteiger partial charge in [0.05, 0.1) is 5.41 Å². The number of nitrogens with one attached hydrogen (secondary N) is 1. The van der Waals surface area contributed by atoms with Crippen molar-refractivity contribution in [3.05, 3.63) is 35.4 Å². The molecule has 0 aromatic heterocycles. The van der Waals surface area contributed by atoms with E-state index in [1.807, 2.05) is 6.07 Å². The fourth-order valence-electron chi connectivity index (χ4n) is 1.75. The van der Waals surface area contributed by atoms with Crippen molar-refractivity contribution in [2.75, 3.05) is 13.1 Å². The molecule has 18 heavy (non-hydrogen) atoms. The van der Waals surface area contributed by atoms with Gasteiger partial charge in [0.2, 0.25) is 0 Å². The minimum absolute atomic E-state index is 0.643. The molecular weight excluding hydrogens is 226 g/mol. The summed E-state index contributed by atoms with van der Waals surface area (Å²) in [5, 5.41) is 12.3. The van der Waals surface area contributed by atoms with Gasteiger partial charge in [-0.2, -0.15) is 0 Å². The van der Waals surface area contributed by atoms with Crippen LogP contribution in [0.3, 0.4) is 0 Å². The smallest absolute Gasteiger partial charge is 0.309 e. The number of carboxylic acids is 1. The molecule has 100 valence electrons. The molecular formula is C15H23NO2. The highest BCUT2D eigenvalue weighted by atomic mass is 16.4. The summed E-state index contributed by atoms with van der Waals surface area (Å²) in [7, 11) is 0. The van der Waals surface area contributed by atoms with E-state index in [0.717, 1.165) is 19.5 Å². The van der Waals surface area contributed by atoms with Crippen LogP contribution in [0.2, 0.25) is 0 Å². The van der Waals surface area contributed by atoms with Gasteiger partial charge in [0, 0.05) is 0 Å². The Morgan fingerprint density at radius 1 is 1.28 bits per heavy atom. The first-order valence-electron chi connectivity index (χ1n) is 6.42. The number of aryl methyl sites for hydroxylation is 1. The number of carbonyl (C=O) groups is 1. The van der Waals surface area contributed by atoms with Crippen molar-refractivity contribution < 1.29 is 9.90 Å². The predicted octanol–water partition coefficient (Wildman–Crippen LogP) is 2.63. The van der Waals surface area contributed by atoms with E-state index in [0.29, 0.717) is 6.42 Å². The first kappa shape index (κ1) is 14.7. The molecule has 0 atom stereocenters. The summed E-state index contributed by atoms with van der Waals surface area (Å²) in [6.45, 7) is 7.27. The van der Waals surface area contributed by atoms with Gasteiger partial charge >= 0.3 is 5.97 Å². The molecule has 0 unspecified atom stereocenters. The second-order valence-electron chi connectivity index (χ2n) is 5.37. The maximum atomic E-state index is 10.9. The molecule has 0 saturated carbocycles. The zero-order valence-corrected chi connectivity index (χ0v) is 11.5. The van der Waals surface area contributed by atoms with Crippen molar-refractivity contribution in [1.29, 1.82) is 0 Å². The van der Waals surface area contributed by atoms with Crippen LogP contribution in [0, 0.1) is 12.3 Å². The summed E-state index contributed by atoms with van der Waals surface area (Å²) >= 11 is 0. The molecule has 0 fully saturated rings. The van der Waals surface area contributed by atoms with Crippen LogP contribution >= 0.6 is 0 Å². The Morgan fingerprint density at radius 2 is 1.94 bits per heavy atom. The van der Waals surface area contributed by atoms with Gasteiger partial charge < -0.3 is 10.4 Å².